The molecule has 0 aliphatic rings. The Bertz CT molecular complexity index is 932. The number of aromatic nitrogens is 1. The second-order valence-electron chi connectivity index (χ2n) is 5.36. The number of ether oxygens (including phenoxy) is 1. The summed E-state index contributed by atoms with van der Waals surface area (Å²) in [4.78, 5) is 23.5. The summed E-state index contributed by atoms with van der Waals surface area (Å²) in [5, 5.41) is 4.61. The molecule has 0 bridgehead atoms. The zero-order valence-corrected chi connectivity index (χ0v) is 13.0. The van der Waals surface area contributed by atoms with E-state index in [0.29, 0.717) is 22.8 Å². The van der Waals surface area contributed by atoms with Gasteiger partial charge in [0, 0.05) is 23.1 Å². The standard InChI is InChI=1S/C17H15NO5/c1-9-6-16(19)22-15-7-12(4-5-13(9)15)21-17(20)8-14-10(2)18-23-11(14)3/h4-7H,8H2,1-3H3. The number of benzene rings is 1. The minimum atomic E-state index is -0.436. The van der Waals surface area contributed by atoms with Crippen LogP contribution in [0.3, 0.4) is 0 Å². The maximum atomic E-state index is 12.1. The van der Waals surface area contributed by atoms with Crippen molar-refractivity contribution in [3.8, 4) is 5.75 Å². The minimum Gasteiger partial charge on any atom is -0.426 e. The second-order valence-corrected chi connectivity index (χ2v) is 5.36. The molecule has 23 heavy (non-hydrogen) atoms. The number of carbonyl (C=O) groups is 1. The number of hydrogen-bond acceptors (Lipinski definition) is 6. The first-order valence-corrected chi connectivity index (χ1v) is 7.11. The summed E-state index contributed by atoms with van der Waals surface area (Å²) in [6.45, 7) is 5.34. The van der Waals surface area contributed by atoms with Crippen molar-refractivity contribution in [2.75, 3.05) is 0 Å². The molecule has 0 saturated heterocycles. The topological polar surface area (TPSA) is 82.5 Å². The summed E-state index contributed by atoms with van der Waals surface area (Å²) in [6, 6.07) is 6.38. The van der Waals surface area contributed by atoms with Crippen LogP contribution in [0.15, 0.2) is 38.0 Å². The van der Waals surface area contributed by atoms with E-state index < -0.39 is 11.6 Å². The molecule has 118 valence electrons. The number of esters is 1. The van der Waals surface area contributed by atoms with Crippen LogP contribution in [0.1, 0.15) is 22.6 Å². The van der Waals surface area contributed by atoms with Gasteiger partial charge in [-0.1, -0.05) is 5.16 Å². The Labute approximate surface area is 131 Å². The predicted molar refractivity (Wildman–Crippen MR) is 82.5 cm³/mol. The van der Waals surface area contributed by atoms with Crippen LogP contribution >= 0.6 is 0 Å². The van der Waals surface area contributed by atoms with Crippen molar-refractivity contribution in [1.29, 1.82) is 0 Å². The molecule has 6 nitrogen and oxygen atoms in total. The van der Waals surface area contributed by atoms with E-state index in [1.165, 1.54) is 12.1 Å². The van der Waals surface area contributed by atoms with E-state index in [1.54, 1.807) is 26.0 Å². The van der Waals surface area contributed by atoms with Crippen molar-refractivity contribution >= 4 is 16.9 Å². The summed E-state index contributed by atoms with van der Waals surface area (Å²) in [7, 11) is 0. The molecular formula is C17H15NO5. The van der Waals surface area contributed by atoms with Crippen LogP contribution in [0.4, 0.5) is 0 Å². The molecule has 6 heteroatoms. The highest BCUT2D eigenvalue weighted by Crippen LogP contribution is 2.23. The first kappa shape index (κ1) is 15.0. The summed E-state index contributed by atoms with van der Waals surface area (Å²) in [5.74, 6) is 0.483. The van der Waals surface area contributed by atoms with E-state index in [2.05, 4.69) is 5.16 Å². The van der Waals surface area contributed by atoms with Gasteiger partial charge in [-0.05, 0) is 38.5 Å². The van der Waals surface area contributed by atoms with E-state index in [0.717, 1.165) is 16.5 Å². The number of fused-ring (bicyclic) bond motifs is 1. The van der Waals surface area contributed by atoms with Gasteiger partial charge in [0.25, 0.3) is 0 Å². The lowest BCUT2D eigenvalue weighted by molar-refractivity contribution is -0.133. The highest BCUT2D eigenvalue weighted by atomic mass is 16.5. The smallest absolute Gasteiger partial charge is 0.336 e. The average molecular weight is 313 g/mol. The third-order valence-corrected chi connectivity index (χ3v) is 3.66. The summed E-state index contributed by atoms with van der Waals surface area (Å²) in [5.41, 5.74) is 2.15. The Morgan fingerprint density at radius 1 is 1.22 bits per heavy atom. The zero-order chi connectivity index (χ0) is 16.6. The van der Waals surface area contributed by atoms with Gasteiger partial charge in [0.15, 0.2) is 0 Å². The van der Waals surface area contributed by atoms with Crippen molar-refractivity contribution in [3.05, 3.63) is 57.3 Å². The van der Waals surface area contributed by atoms with Gasteiger partial charge >= 0.3 is 11.6 Å². The van der Waals surface area contributed by atoms with Crippen LogP contribution < -0.4 is 10.4 Å². The molecule has 0 unspecified atom stereocenters. The third kappa shape index (κ3) is 3.01. The molecule has 0 aliphatic carbocycles. The van der Waals surface area contributed by atoms with Crippen LogP contribution in [0.2, 0.25) is 0 Å². The summed E-state index contributed by atoms with van der Waals surface area (Å²) in [6.07, 6.45) is 0.0664. The third-order valence-electron chi connectivity index (χ3n) is 3.66. The van der Waals surface area contributed by atoms with E-state index >= 15 is 0 Å². The Hall–Kier alpha value is -2.89. The van der Waals surface area contributed by atoms with Gasteiger partial charge in [-0.15, -0.1) is 0 Å². The maximum absolute atomic E-state index is 12.1. The van der Waals surface area contributed by atoms with Crippen LogP contribution in [0.5, 0.6) is 5.75 Å². The SMILES string of the molecule is Cc1noc(C)c1CC(=O)Oc1ccc2c(C)cc(=O)oc2c1. The normalized spacial score (nSPS) is 10.9. The molecule has 0 saturated carbocycles. The van der Waals surface area contributed by atoms with Gasteiger partial charge in [0.1, 0.15) is 17.1 Å². The number of rotatable bonds is 3. The number of hydrogen-bond donors (Lipinski definition) is 0. The molecule has 3 aromatic rings. The minimum absolute atomic E-state index is 0.0664. The molecule has 0 fully saturated rings. The lowest BCUT2D eigenvalue weighted by atomic mass is 10.1. The maximum Gasteiger partial charge on any atom is 0.336 e. The predicted octanol–water partition coefficient (Wildman–Crippen LogP) is 2.85. The Morgan fingerprint density at radius 2 is 2.00 bits per heavy atom. The van der Waals surface area contributed by atoms with Gasteiger partial charge in [0.05, 0.1) is 12.1 Å². The van der Waals surface area contributed by atoms with Gasteiger partial charge in [-0.2, -0.15) is 0 Å². The Morgan fingerprint density at radius 3 is 2.70 bits per heavy atom. The van der Waals surface area contributed by atoms with Gasteiger partial charge in [-0.3, -0.25) is 4.79 Å². The van der Waals surface area contributed by atoms with E-state index in [-0.39, 0.29) is 6.42 Å². The Balaban J connectivity index is 1.84. The van der Waals surface area contributed by atoms with E-state index in [4.69, 9.17) is 13.7 Å². The quantitative estimate of drug-likeness (QED) is 0.420. The van der Waals surface area contributed by atoms with Crippen molar-refractivity contribution in [3.63, 3.8) is 0 Å². The van der Waals surface area contributed by atoms with Crippen LogP contribution in [-0.2, 0) is 11.2 Å². The number of nitrogens with zero attached hydrogens (tertiary/aromatic N) is 1. The summed E-state index contributed by atoms with van der Waals surface area (Å²) >= 11 is 0. The fraction of sp³-hybridized carbons (Fsp3) is 0.235. The molecule has 2 aromatic heterocycles. The lowest BCUT2D eigenvalue weighted by Gasteiger charge is -2.06. The first-order chi connectivity index (χ1) is 10.9. The van der Waals surface area contributed by atoms with Crippen LogP contribution in [0, 0.1) is 20.8 Å². The average Bonchev–Trinajstić information content (AvgIpc) is 2.78. The van der Waals surface area contributed by atoms with Gasteiger partial charge in [0.2, 0.25) is 0 Å². The Kier molecular flexibility index (Phi) is 3.73. The molecule has 0 spiro atoms. The zero-order valence-electron chi connectivity index (χ0n) is 13.0. The number of carbonyl (C=O) groups excluding carboxylic acids is 1. The highest BCUT2D eigenvalue weighted by Gasteiger charge is 2.15. The molecule has 0 aliphatic heterocycles. The first-order valence-electron chi connectivity index (χ1n) is 7.11. The van der Waals surface area contributed by atoms with Crippen molar-refractivity contribution in [1.82, 2.24) is 5.16 Å². The molecule has 0 amide bonds. The summed E-state index contributed by atoms with van der Waals surface area (Å²) < 4.78 is 15.5. The van der Waals surface area contributed by atoms with Crippen LogP contribution in [0.25, 0.3) is 11.0 Å². The van der Waals surface area contributed by atoms with Crippen LogP contribution in [-0.4, -0.2) is 11.1 Å². The molecule has 1 aromatic carbocycles. The molecule has 3 rings (SSSR count). The number of aryl methyl sites for hydroxylation is 3. The van der Waals surface area contributed by atoms with E-state index in [1.807, 2.05) is 6.92 Å². The fourth-order valence-electron chi connectivity index (χ4n) is 2.43. The highest BCUT2D eigenvalue weighted by molar-refractivity contribution is 5.83. The molecule has 0 N–H and O–H groups in total. The van der Waals surface area contributed by atoms with E-state index in [9.17, 15) is 9.59 Å². The van der Waals surface area contributed by atoms with Gasteiger partial charge in [-0.25, -0.2) is 4.79 Å². The van der Waals surface area contributed by atoms with Crippen molar-refractivity contribution < 1.29 is 18.5 Å². The largest absolute Gasteiger partial charge is 0.426 e. The second kappa shape index (κ2) is 5.72. The molecular weight excluding hydrogens is 298 g/mol. The van der Waals surface area contributed by atoms with Crippen molar-refractivity contribution in [2.24, 2.45) is 0 Å². The fourth-order valence-corrected chi connectivity index (χ4v) is 2.43. The van der Waals surface area contributed by atoms with Gasteiger partial charge < -0.3 is 13.7 Å². The lowest BCUT2D eigenvalue weighted by Crippen LogP contribution is -2.12. The van der Waals surface area contributed by atoms with Crippen molar-refractivity contribution in [2.45, 2.75) is 27.2 Å². The molecule has 0 radical (unpaired) electrons. The molecule has 0 atom stereocenters. The monoisotopic (exact) mass is 313 g/mol. The molecule has 2 heterocycles.